The van der Waals surface area contributed by atoms with Crippen LogP contribution in [0.3, 0.4) is 0 Å². The van der Waals surface area contributed by atoms with Gasteiger partial charge < -0.3 is 15.2 Å². The smallest absolute Gasteiger partial charge is 0.414 e. The number of hydrogen-bond acceptors (Lipinski definition) is 3. The molecule has 1 aromatic rings. The van der Waals surface area contributed by atoms with Gasteiger partial charge in [0.05, 0.1) is 0 Å². The number of ether oxygens (including phenoxy) is 1. The van der Waals surface area contributed by atoms with Crippen molar-refractivity contribution in [3.05, 3.63) is 35.9 Å². The van der Waals surface area contributed by atoms with Crippen LogP contribution in [-0.2, 0) is 9.53 Å². The molecule has 0 aromatic heterocycles. The minimum Gasteiger partial charge on any atom is -0.480 e. The van der Waals surface area contributed by atoms with E-state index in [4.69, 9.17) is 5.11 Å². The Labute approximate surface area is 125 Å². The summed E-state index contributed by atoms with van der Waals surface area (Å²) in [5, 5.41) is 11.2. The van der Waals surface area contributed by atoms with Gasteiger partial charge in [-0.25, -0.2) is 4.79 Å². The van der Waals surface area contributed by atoms with Crippen molar-refractivity contribution in [2.24, 2.45) is 0 Å². The van der Waals surface area contributed by atoms with Gasteiger partial charge >= 0.3 is 12.1 Å². The van der Waals surface area contributed by atoms with Crippen molar-refractivity contribution < 1.29 is 32.6 Å². The van der Waals surface area contributed by atoms with Crippen LogP contribution < -0.4 is 5.32 Å². The average molecular weight is 319 g/mol. The zero-order valence-electron chi connectivity index (χ0n) is 11.8. The van der Waals surface area contributed by atoms with Gasteiger partial charge in [-0.15, -0.1) is 0 Å². The van der Waals surface area contributed by atoms with Crippen molar-refractivity contribution in [2.45, 2.75) is 31.2 Å². The van der Waals surface area contributed by atoms with E-state index in [0.717, 1.165) is 7.11 Å². The molecule has 0 spiro atoms. The van der Waals surface area contributed by atoms with E-state index < -0.39 is 43.0 Å². The van der Waals surface area contributed by atoms with Gasteiger partial charge in [-0.05, 0) is 25.0 Å². The van der Waals surface area contributed by atoms with Gasteiger partial charge in [0, 0.05) is 12.7 Å². The van der Waals surface area contributed by atoms with Crippen LogP contribution in [0.2, 0.25) is 0 Å². The Bertz CT molecular complexity index is 505. The molecule has 0 bridgehead atoms. The summed E-state index contributed by atoms with van der Waals surface area (Å²) in [7, 11) is 0.899. The van der Waals surface area contributed by atoms with Crippen LogP contribution in [0.1, 0.15) is 23.2 Å². The molecule has 0 aliphatic heterocycles. The third-order valence-corrected chi connectivity index (χ3v) is 3.01. The molecule has 0 aliphatic rings. The Kier molecular flexibility index (Phi) is 6.36. The summed E-state index contributed by atoms with van der Waals surface area (Å²) in [6, 6.07) is 6.39. The van der Waals surface area contributed by atoms with Crippen molar-refractivity contribution in [3.8, 4) is 0 Å². The number of nitrogens with one attached hydrogen (secondary N) is 1. The minimum absolute atomic E-state index is 0.230. The van der Waals surface area contributed by atoms with Crippen LogP contribution in [0, 0.1) is 0 Å². The lowest BCUT2D eigenvalue weighted by Crippen LogP contribution is -2.42. The van der Waals surface area contributed by atoms with Gasteiger partial charge in [0.15, 0.2) is 6.10 Å². The Hall–Kier alpha value is -2.09. The van der Waals surface area contributed by atoms with Crippen LogP contribution in [0.15, 0.2) is 30.3 Å². The molecule has 0 radical (unpaired) electrons. The summed E-state index contributed by atoms with van der Waals surface area (Å²) in [4.78, 5) is 22.9. The fourth-order valence-corrected chi connectivity index (χ4v) is 1.82. The van der Waals surface area contributed by atoms with E-state index in [2.05, 4.69) is 10.1 Å². The Morgan fingerprint density at radius 1 is 1.23 bits per heavy atom. The van der Waals surface area contributed by atoms with Gasteiger partial charge in [-0.2, -0.15) is 13.2 Å². The number of carboxylic acids is 1. The molecule has 22 heavy (non-hydrogen) atoms. The second-order valence-corrected chi connectivity index (χ2v) is 4.57. The van der Waals surface area contributed by atoms with Crippen LogP contribution in [0.25, 0.3) is 0 Å². The predicted molar refractivity (Wildman–Crippen MR) is 71.4 cm³/mol. The molecule has 1 rings (SSSR count). The number of carbonyl (C=O) groups excluding carboxylic acids is 1. The van der Waals surface area contributed by atoms with Crippen molar-refractivity contribution in [3.63, 3.8) is 0 Å². The van der Waals surface area contributed by atoms with E-state index in [1.807, 2.05) is 0 Å². The average Bonchev–Trinajstić information content (AvgIpc) is 2.45. The lowest BCUT2D eigenvalue weighted by Gasteiger charge is -2.21. The zero-order chi connectivity index (χ0) is 16.8. The molecule has 1 aromatic carbocycles. The summed E-state index contributed by atoms with van der Waals surface area (Å²) >= 11 is 0. The zero-order valence-corrected chi connectivity index (χ0v) is 11.8. The molecule has 122 valence electrons. The van der Waals surface area contributed by atoms with E-state index >= 15 is 0 Å². The van der Waals surface area contributed by atoms with E-state index in [1.54, 1.807) is 18.2 Å². The minimum atomic E-state index is -4.58. The molecule has 0 unspecified atom stereocenters. The summed E-state index contributed by atoms with van der Waals surface area (Å²) in [5.74, 6) is -2.06. The van der Waals surface area contributed by atoms with Crippen LogP contribution in [0.5, 0.6) is 0 Å². The topological polar surface area (TPSA) is 75.6 Å². The molecule has 1 amide bonds. The third kappa shape index (κ3) is 5.36. The first-order chi connectivity index (χ1) is 10.3. The summed E-state index contributed by atoms with van der Waals surface area (Å²) < 4.78 is 41.9. The summed E-state index contributed by atoms with van der Waals surface area (Å²) in [6.07, 6.45) is -7.61. The lowest BCUT2D eigenvalue weighted by molar-refractivity contribution is -0.215. The van der Waals surface area contributed by atoms with Gasteiger partial charge in [-0.1, -0.05) is 18.2 Å². The standard InChI is InChI=1S/C14H16F3NO4/c1-22-11(14(15,16)17)8-7-10(13(20)21)18-12(19)9-5-3-2-4-6-9/h2-6,10-11H,7-8H2,1H3,(H,18,19)(H,20,21)/t10-,11-/m1/s1. The molecule has 0 aliphatic carbocycles. The highest BCUT2D eigenvalue weighted by Gasteiger charge is 2.40. The highest BCUT2D eigenvalue weighted by Crippen LogP contribution is 2.26. The maximum atomic E-state index is 12.5. The molecule has 2 N–H and O–H groups in total. The summed E-state index contributed by atoms with van der Waals surface area (Å²) in [5.41, 5.74) is 0.230. The fraction of sp³-hybridized carbons (Fsp3) is 0.429. The second kappa shape index (κ2) is 7.79. The normalized spacial score (nSPS) is 14.2. The van der Waals surface area contributed by atoms with Crippen molar-refractivity contribution in [2.75, 3.05) is 7.11 Å². The molecule has 5 nitrogen and oxygen atoms in total. The molecule has 0 heterocycles. The number of aliphatic carboxylic acids is 1. The quantitative estimate of drug-likeness (QED) is 0.808. The first kappa shape index (κ1) is 18.0. The van der Waals surface area contributed by atoms with Crippen LogP contribution in [0.4, 0.5) is 13.2 Å². The largest absolute Gasteiger partial charge is 0.480 e. The molecule has 0 saturated heterocycles. The van der Waals surface area contributed by atoms with Gasteiger partial charge in [0.1, 0.15) is 6.04 Å². The molecule has 0 fully saturated rings. The second-order valence-electron chi connectivity index (χ2n) is 4.57. The molecule has 8 heteroatoms. The van der Waals surface area contributed by atoms with Gasteiger partial charge in [-0.3, -0.25) is 4.79 Å². The monoisotopic (exact) mass is 319 g/mol. The Balaban J connectivity index is 2.67. The number of carbonyl (C=O) groups is 2. The lowest BCUT2D eigenvalue weighted by atomic mass is 10.1. The number of amides is 1. The highest BCUT2D eigenvalue weighted by atomic mass is 19.4. The van der Waals surface area contributed by atoms with E-state index in [0.29, 0.717) is 0 Å². The van der Waals surface area contributed by atoms with Gasteiger partial charge in [0.2, 0.25) is 0 Å². The third-order valence-electron chi connectivity index (χ3n) is 3.01. The number of rotatable bonds is 7. The molecule has 2 atom stereocenters. The van der Waals surface area contributed by atoms with Crippen LogP contribution >= 0.6 is 0 Å². The first-order valence-corrected chi connectivity index (χ1v) is 6.44. The number of carboxylic acid groups (broad SMARTS) is 1. The molecular weight excluding hydrogens is 303 g/mol. The number of benzene rings is 1. The van der Waals surface area contributed by atoms with Crippen molar-refractivity contribution in [1.82, 2.24) is 5.32 Å². The maximum Gasteiger partial charge on any atom is 0.414 e. The Morgan fingerprint density at radius 2 is 1.82 bits per heavy atom. The number of halogens is 3. The van der Waals surface area contributed by atoms with Crippen molar-refractivity contribution >= 4 is 11.9 Å². The van der Waals surface area contributed by atoms with Crippen LogP contribution in [-0.4, -0.2) is 42.4 Å². The number of hydrogen-bond donors (Lipinski definition) is 2. The maximum absolute atomic E-state index is 12.5. The van der Waals surface area contributed by atoms with Gasteiger partial charge in [0.25, 0.3) is 5.91 Å². The predicted octanol–water partition coefficient (Wildman–Crippen LogP) is 2.23. The number of methoxy groups -OCH3 is 1. The van der Waals surface area contributed by atoms with E-state index in [-0.39, 0.29) is 5.56 Å². The highest BCUT2D eigenvalue weighted by molar-refractivity contribution is 5.96. The van der Waals surface area contributed by atoms with E-state index in [9.17, 15) is 22.8 Å². The van der Waals surface area contributed by atoms with Crippen molar-refractivity contribution in [1.29, 1.82) is 0 Å². The van der Waals surface area contributed by atoms with E-state index in [1.165, 1.54) is 12.1 Å². The SMILES string of the molecule is CO[C@H](CC[C@@H](NC(=O)c1ccccc1)C(=O)O)C(F)(F)F. The summed E-state index contributed by atoms with van der Waals surface area (Å²) in [6.45, 7) is 0. The first-order valence-electron chi connectivity index (χ1n) is 6.44. The molecular formula is C14H16F3NO4. The number of alkyl halides is 3. The molecule has 0 saturated carbocycles. The fourth-order valence-electron chi connectivity index (χ4n) is 1.82. The Morgan fingerprint density at radius 3 is 2.27 bits per heavy atom.